The number of aryl methyl sites for hydroxylation is 2. The Bertz CT molecular complexity index is 931. The van der Waals surface area contributed by atoms with Crippen LogP contribution in [0.4, 0.5) is 0 Å². The zero-order valence-electron chi connectivity index (χ0n) is 18.7. The minimum absolute atomic E-state index is 0.174. The van der Waals surface area contributed by atoms with E-state index in [1.807, 2.05) is 45.9 Å². The number of carbonyl (C=O) groups excluding carboxylic acids is 2. The quantitative estimate of drug-likeness (QED) is 0.555. The summed E-state index contributed by atoms with van der Waals surface area (Å²) in [5, 5.41) is 3.72. The lowest BCUT2D eigenvalue weighted by Gasteiger charge is -2.29. The van der Waals surface area contributed by atoms with Gasteiger partial charge in [0.2, 0.25) is 5.91 Å². The molecule has 0 spiro atoms. The molecule has 0 aliphatic carbocycles. The molecule has 5 nitrogen and oxygen atoms in total. The van der Waals surface area contributed by atoms with E-state index in [1.54, 1.807) is 25.1 Å². The van der Waals surface area contributed by atoms with E-state index in [-0.39, 0.29) is 25.0 Å². The molecule has 0 saturated heterocycles. The summed E-state index contributed by atoms with van der Waals surface area (Å²) in [6.45, 7) is 10.2. The third-order valence-corrected chi connectivity index (χ3v) is 5.61. The molecule has 0 heterocycles. The standard InChI is InChI=1S/C24H30Cl2N2O3/c1-15(2)12-27-24(30)18(5)28(13-19-7-8-20(25)21(26)11-19)23(29)14-31-22-9-6-16(3)10-17(22)4/h6-11,15,18H,12-14H2,1-5H3,(H,27,30)/t18-/m1/s1. The fourth-order valence-corrected chi connectivity index (χ4v) is 3.37. The van der Waals surface area contributed by atoms with Crippen LogP contribution in [0.15, 0.2) is 36.4 Å². The predicted octanol–water partition coefficient (Wildman–Crippen LogP) is 5.18. The number of hydrogen-bond donors (Lipinski definition) is 1. The Kier molecular flexibility index (Phi) is 9.20. The zero-order valence-corrected chi connectivity index (χ0v) is 20.2. The molecule has 168 valence electrons. The predicted molar refractivity (Wildman–Crippen MR) is 126 cm³/mol. The van der Waals surface area contributed by atoms with Crippen LogP contribution in [-0.4, -0.2) is 35.9 Å². The molecule has 0 unspecified atom stereocenters. The minimum atomic E-state index is -0.677. The van der Waals surface area contributed by atoms with Gasteiger partial charge in [0.25, 0.3) is 5.91 Å². The highest BCUT2D eigenvalue weighted by Crippen LogP contribution is 2.24. The Balaban J connectivity index is 2.18. The average Bonchev–Trinajstić information content (AvgIpc) is 2.71. The van der Waals surface area contributed by atoms with Gasteiger partial charge in [0.15, 0.2) is 6.61 Å². The molecule has 7 heteroatoms. The zero-order chi connectivity index (χ0) is 23.1. The lowest BCUT2D eigenvalue weighted by atomic mass is 10.1. The van der Waals surface area contributed by atoms with Crippen LogP contribution in [0.3, 0.4) is 0 Å². The number of amides is 2. The van der Waals surface area contributed by atoms with Crippen molar-refractivity contribution in [1.82, 2.24) is 10.2 Å². The number of halogens is 2. The van der Waals surface area contributed by atoms with Crippen molar-refractivity contribution in [1.29, 1.82) is 0 Å². The van der Waals surface area contributed by atoms with Crippen molar-refractivity contribution in [2.45, 2.75) is 47.2 Å². The largest absolute Gasteiger partial charge is 0.483 e. The maximum atomic E-state index is 13.1. The normalized spacial score (nSPS) is 11.9. The summed E-state index contributed by atoms with van der Waals surface area (Å²) in [6.07, 6.45) is 0. The second-order valence-corrected chi connectivity index (χ2v) is 8.96. The van der Waals surface area contributed by atoms with Crippen molar-refractivity contribution >= 4 is 35.0 Å². The molecule has 1 atom stereocenters. The van der Waals surface area contributed by atoms with Crippen molar-refractivity contribution in [2.75, 3.05) is 13.2 Å². The molecule has 1 N–H and O–H groups in total. The highest BCUT2D eigenvalue weighted by Gasteiger charge is 2.27. The van der Waals surface area contributed by atoms with Crippen molar-refractivity contribution in [3.63, 3.8) is 0 Å². The van der Waals surface area contributed by atoms with Gasteiger partial charge in [0, 0.05) is 13.1 Å². The maximum absolute atomic E-state index is 13.1. The second-order valence-electron chi connectivity index (χ2n) is 8.14. The Labute approximate surface area is 194 Å². The summed E-state index contributed by atoms with van der Waals surface area (Å²) >= 11 is 12.1. The summed E-state index contributed by atoms with van der Waals surface area (Å²) in [6, 6.07) is 10.3. The lowest BCUT2D eigenvalue weighted by Crippen LogP contribution is -2.49. The van der Waals surface area contributed by atoms with Crippen LogP contribution in [0.25, 0.3) is 0 Å². The molecular weight excluding hydrogens is 435 g/mol. The summed E-state index contributed by atoms with van der Waals surface area (Å²) in [5.41, 5.74) is 2.84. The summed E-state index contributed by atoms with van der Waals surface area (Å²) < 4.78 is 5.77. The van der Waals surface area contributed by atoms with Gasteiger partial charge < -0.3 is 15.0 Å². The molecule has 31 heavy (non-hydrogen) atoms. The number of hydrogen-bond acceptors (Lipinski definition) is 3. The van der Waals surface area contributed by atoms with E-state index in [9.17, 15) is 9.59 Å². The highest BCUT2D eigenvalue weighted by molar-refractivity contribution is 6.42. The number of ether oxygens (including phenoxy) is 1. The SMILES string of the molecule is Cc1ccc(OCC(=O)N(Cc2ccc(Cl)c(Cl)c2)[C@H](C)C(=O)NCC(C)C)c(C)c1. The van der Waals surface area contributed by atoms with Crippen molar-refractivity contribution < 1.29 is 14.3 Å². The number of benzene rings is 2. The van der Waals surface area contributed by atoms with Crippen molar-refractivity contribution in [2.24, 2.45) is 5.92 Å². The van der Waals surface area contributed by atoms with E-state index in [1.165, 1.54) is 4.90 Å². The molecule has 0 bridgehead atoms. The van der Waals surface area contributed by atoms with Gasteiger partial charge >= 0.3 is 0 Å². The van der Waals surface area contributed by atoms with Gasteiger partial charge in [-0.25, -0.2) is 0 Å². The smallest absolute Gasteiger partial charge is 0.261 e. The van der Waals surface area contributed by atoms with E-state index in [0.717, 1.165) is 16.7 Å². The van der Waals surface area contributed by atoms with Gasteiger partial charge in [-0.1, -0.05) is 60.8 Å². The number of nitrogens with one attached hydrogen (secondary N) is 1. The third kappa shape index (κ3) is 7.44. The van der Waals surface area contributed by atoms with Gasteiger partial charge in [-0.3, -0.25) is 9.59 Å². The first-order valence-corrected chi connectivity index (χ1v) is 11.0. The summed E-state index contributed by atoms with van der Waals surface area (Å²) in [5.74, 6) is 0.445. The van der Waals surface area contributed by atoms with Crippen LogP contribution in [0.1, 0.15) is 37.5 Å². The second kappa shape index (κ2) is 11.4. The molecule has 0 fully saturated rings. The first kappa shape index (κ1) is 25.0. The molecule has 0 saturated carbocycles. The Hall–Kier alpha value is -2.24. The molecule has 2 aromatic carbocycles. The van der Waals surface area contributed by atoms with Crippen LogP contribution >= 0.6 is 23.2 Å². The fourth-order valence-electron chi connectivity index (χ4n) is 3.05. The van der Waals surface area contributed by atoms with Crippen LogP contribution in [-0.2, 0) is 16.1 Å². The van der Waals surface area contributed by atoms with Crippen molar-refractivity contribution in [3.8, 4) is 5.75 Å². The molecule has 2 rings (SSSR count). The van der Waals surface area contributed by atoms with Gasteiger partial charge in [0.1, 0.15) is 11.8 Å². The minimum Gasteiger partial charge on any atom is -0.483 e. The fraction of sp³-hybridized carbons (Fsp3) is 0.417. The van der Waals surface area contributed by atoms with Gasteiger partial charge in [-0.05, 0) is 56.0 Å². The van der Waals surface area contributed by atoms with Crippen LogP contribution in [0.2, 0.25) is 10.0 Å². The van der Waals surface area contributed by atoms with E-state index in [0.29, 0.717) is 28.3 Å². The van der Waals surface area contributed by atoms with E-state index in [2.05, 4.69) is 5.32 Å². The van der Waals surface area contributed by atoms with E-state index < -0.39 is 6.04 Å². The van der Waals surface area contributed by atoms with Gasteiger partial charge in [-0.15, -0.1) is 0 Å². The van der Waals surface area contributed by atoms with E-state index >= 15 is 0 Å². The average molecular weight is 465 g/mol. The monoisotopic (exact) mass is 464 g/mol. The molecule has 2 aromatic rings. The van der Waals surface area contributed by atoms with Crippen molar-refractivity contribution in [3.05, 3.63) is 63.1 Å². The first-order chi connectivity index (χ1) is 14.6. The topological polar surface area (TPSA) is 58.6 Å². The number of carbonyl (C=O) groups is 2. The van der Waals surface area contributed by atoms with Gasteiger partial charge in [0.05, 0.1) is 10.0 Å². The van der Waals surface area contributed by atoms with Crippen LogP contribution in [0.5, 0.6) is 5.75 Å². The maximum Gasteiger partial charge on any atom is 0.261 e. The molecule has 0 aliphatic heterocycles. The lowest BCUT2D eigenvalue weighted by molar-refractivity contribution is -0.142. The summed E-state index contributed by atoms with van der Waals surface area (Å²) in [7, 11) is 0. The van der Waals surface area contributed by atoms with Crippen LogP contribution in [0, 0.1) is 19.8 Å². The van der Waals surface area contributed by atoms with Gasteiger partial charge in [-0.2, -0.15) is 0 Å². The molecule has 0 aromatic heterocycles. The third-order valence-electron chi connectivity index (χ3n) is 4.87. The Morgan fingerprint density at radius 2 is 1.74 bits per heavy atom. The molecular formula is C24H30Cl2N2O3. The van der Waals surface area contributed by atoms with Crippen LogP contribution < -0.4 is 10.1 Å². The summed E-state index contributed by atoms with van der Waals surface area (Å²) in [4.78, 5) is 27.3. The molecule has 2 amide bonds. The number of nitrogens with zero attached hydrogens (tertiary/aromatic N) is 1. The van der Waals surface area contributed by atoms with E-state index in [4.69, 9.17) is 27.9 Å². The first-order valence-electron chi connectivity index (χ1n) is 10.3. The molecule has 0 radical (unpaired) electrons. The molecule has 0 aliphatic rings. The number of rotatable bonds is 9. The Morgan fingerprint density at radius 1 is 1.03 bits per heavy atom. The Morgan fingerprint density at radius 3 is 2.35 bits per heavy atom. The highest BCUT2D eigenvalue weighted by atomic mass is 35.5.